The first-order chi connectivity index (χ1) is 15.4. The fraction of sp³-hybridized carbons (Fsp3) is 0.458. The van der Waals surface area contributed by atoms with Gasteiger partial charge in [0.1, 0.15) is 5.82 Å². The first-order valence-corrected chi connectivity index (χ1v) is 11.3. The lowest BCUT2D eigenvalue weighted by molar-refractivity contribution is -0.131. The Kier molecular flexibility index (Phi) is 5.33. The number of aromatic amines is 1. The lowest BCUT2D eigenvalue weighted by atomic mass is 10.1. The Balaban J connectivity index is 1.42. The van der Waals surface area contributed by atoms with Crippen LogP contribution in [-0.4, -0.2) is 49.4 Å². The third kappa shape index (κ3) is 3.72. The molecular weight excluding hydrogens is 409 g/mol. The number of fused-ring (bicyclic) bond motifs is 2. The van der Waals surface area contributed by atoms with Gasteiger partial charge in [0.25, 0.3) is 5.56 Å². The molecule has 7 nitrogen and oxygen atoms in total. The number of likely N-dealkylation sites (tertiary alicyclic amines) is 1. The summed E-state index contributed by atoms with van der Waals surface area (Å²) in [4.78, 5) is 35.1. The van der Waals surface area contributed by atoms with E-state index in [0.717, 1.165) is 41.9 Å². The third-order valence-electron chi connectivity index (χ3n) is 6.75. The van der Waals surface area contributed by atoms with E-state index in [1.807, 2.05) is 11.0 Å². The molecule has 0 aliphatic carbocycles. The van der Waals surface area contributed by atoms with Crippen LogP contribution in [0.2, 0.25) is 0 Å². The van der Waals surface area contributed by atoms with E-state index in [9.17, 15) is 14.0 Å². The van der Waals surface area contributed by atoms with Crippen LogP contribution in [0.3, 0.4) is 0 Å². The van der Waals surface area contributed by atoms with Crippen molar-refractivity contribution in [2.24, 2.45) is 0 Å². The van der Waals surface area contributed by atoms with Gasteiger partial charge < -0.3 is 4.90 Å². The molecule has 2 aliphatic heterocycles. The summed E-state index contributed by atoms with van der Waals surface area (Å²) in [5, 5.41) is 3.23. The average Bonchev–Trinajstić information content (AvgIpc) is 3.42. The molecule has 0 spiro atoms. The molecule has 5 rings (SSSR count). The van der Waals surface area contributed by atoms with E-state index in [2.05, 4.69) is 23.8 Å². The molecule has 3 aromatic rings. The molecule has 1 fully saturated rings. The van der Waals surface area contributed by atoms with Gasteiger partial charge >= 0.3 is 0 Å². The lowest BCUT2D eigenvalue weighted by Gasteiger charge is -2.30. The summed E-state index contributed by atoms with van der Waals surface area (Å²) in [5.41, 5.74) is 3.83. The number of hydrogen-bond donors (Lipinski definition) is 1. The summed E-state index contributed by atoms with van der Waals surface area (Å²) >= 11 is 0. The van der Waals surface area contributed by atoms with Crippen LogP contribution in [-0.2, 0) is 24.2 Å². The SMILES string of the molecule is CC(C)N1CCc2c(nc3cc(C4CCCN4C(=O)Cc4ccc(F)cc4)[nH]n3c2=O)C1. The molecule has 2 aliphatic rings. The van der Waals surface area contributed by atoms with E-state index in [4.69, 9.17) is 4.98 Å². The number of carbonyl (C=O) groups is 1. The highest BCUT2D eigenvalue weighted by Gasteiger charge is 2.32. The molecule has 1 N–H and O–H groups in total. The zero-order valence-electron chi connectivity index (χ0n) is 18.5. The van der Waals surface area contributed by atoms with Crippen LogP contribution in [0.25, 0.3) is 5.65 Å². The van der Waals surface area contributed by atoms with Crippen molar-refractivity contribution < 1.29 is 9.18 Å². The van der Waals surface area contributed by atoms with E-state index in [-0.39, 0.29) is 29.7 Å². The highest BCUT2D eigenvalue weighted by molar-refractivity contribution is 5.79. The molecule has 0 bridgehead atoms. The van der Waals surface area contributed by atoms with Crippen molar-refractivity contribution in [1.82, 2.24) is 24.4 Å². The molecule has 4 heterocycles. The zero-order valence-corrected chi connectivity index (χ0v) is 18.5. The summed E-state index contributed by atoms with van der Waals surface area (Å²) in [7, 11) is 0. The summed E-state index contributed by atoms with van der Waals surface area (Å²) in [5.74, 6) is -0.305. The van der Waals surface area contributed by atoms with Gasteiger partial charge in [-0.3, -0.25) is 19.6 Å². The number of nitrogens with zero attached hydrogens (tertiary/aromatic N) is 4. The first-order valence-electron chi connectivity index (χ1n) is 11.3. The maximum absolute atomic E-state index is 13.2. The second-order valence-corrected chi connectivity index (χ2v) is 9.11. The number of hydrogen-bond acceptors (Lipinski definition) is 4. The van der Waals surface area contributed by atoms with Crippen LogP contribution in [0.1, 0.15) is 55.2 Å². The Morgan fingerprint density at radius 1 is 1.25 bits per heavy atom. The smallest absolute Gasteiger partial charge is 0.276 e. The maximum atomic E-state index is 13.2. The van der Waals surface area contributed by atoms with Crippen molar-refractivity contribution >= 4 is 11.6 Å². The van der Waals surface area contributed by atoms with Gasteiger partial charge in [0.2, 0.25) is 5.91 Å². The number of amides is 1. The quantitative estimate of drug-likeness (QED) is 0.681. The summed E-state index contributed by atoms with van der Waals surface area (Å²) in [6.45, 7) is 6.52. The Hall–Kier alpha value is -3.00. The Bertz CT molecular complexity index is 1210. The zero-order chi connectivity index (χ0) is 22.4. The van der Waals surface area contributed by atoms with Gasteiger partial charge in [-0.25, -0.2) is 13.9 Å². The number of benzene rings is 1. The largest absolute Gasteiger partial charge is 0.334 e. The topological polar surface area (TPSA) is 73.7 Å². The number of carbonyl (C=O) groups excluding carboxylic acids is 1. The molecule has 1 unspecified atom stereocenters. The molecule has 32 heavy (non-hydrogen) atoms. The van der Waals surface area contributed by atoms with Gasteiger partial charge in [-0.2, -0.15) is 0 Å². The van der Waals surface area contributed by atoms with E-state index in [1.54, 1.807) is 12.1 Å². The summed E-state index contributed by atoms with van der Waals surface area (Å²) < 4.78 is 14.7. The van der Waals surface area contributed by atoms with E-state index >= 15 is 0 Å². The summed E-state index contributed by atoms with van der Waals surface area (Å²) in [6, 6.07) is 8.25. The van der Waals surface area contributed by atoms with Gasteiger partial charge in [-0.15, -0.1) is 0 Å². The van der Waals surface area contributed by atoms with Crippen molar-refractivity contribution in [3.05, 3.63) is 69.0 Å². The Morgan fingerprint density at radius 3 is 2.78 bits per heavy atom. The van der Waals surface area contributed by atoms with Gasteiger partial charge in [0.15, 0.2) is 5.65 Å². The standard InChI is InChI=1S/C24H28FN5O2/c1-15(2)28-11-9-18-20(14-28)26-22-13-19(27-30(22)24(18)32)21-4-3-10-29(21)23(31)12-16-5-7-17(25)8-6-16/h5-8,13,15,21,27H,3-4,9-12,14H2,1-2H3. The third-order valence-corrected chi connectivity index (χ3v) is 6.75. The van der Waals surface area contributed by atoms with Gasteiger partial charge in [-0.1, -0.05) is 12.1 Å². The molecular formula is C24H28FN5O2. The fourth-order valence-corrected chi connectivity index (χ4v) is 4.91. The van der Waals surface area contributed by atoms with Crippen molar-refractivity contribution in [2.45, 2.75) is 58.2 Å². The second-order valence-electron chi connectivity index (χ2n) is 9.11. The van der Waals surface area contributed by atoms with Crippen LogP contribution >= 0.6 is 0 Å². The second kappa shape index (κ2) is 8.16. The highest BCUT2D eigenvalue weighted by atomic mass is 19.1. The minimum atomic E-state index is -0.310. The predicted molar refractivity (Wildman–Crippen MR) is 119 cm³/mol. The normalized spacial score (nSPS) is 19.1. The van der Waals surface area contributed by atoms with Crippen LogP contribution in [0.4, 0.5) is 4.39 Å². The predicted octanol–water partition coefficient (Wildman–Crippen LogP) is 2.83. The molecule has 2 aromatic heterocycles. The van der Waals surface area contributed by atoms with Crippen molar-refractivity contribution in [3.63, 3.8) is 0 Å². The Morgan fingerprint density at radius 2 is 2.03 bits per heavy atom. The minimum Gasteiger partial charge on any atom is -0.334 e. The maximum Gasteiger partial charge on any atom is 0.276 e. The van der Waals surface area contributed by atoms with Crippen molar-refractivity contribution in [1.29, 1.82) is 0 Å². The lowest BCUT2D eigenvalue weighted by Crippen LogP contribution is -2.39. The number of H-pyrrole nitrogens is 1. The van der Waals surface area contributed by atoms with Gasteiger partial charge in [0, 0.05) is 37.3 Å². The molecule has 0 saturated carbocycles. The summed E-state index contributed by atoms with van der Waals surface area (Å²) in [6.07, 6.45) is 2.66. The van der Waals surface area contributed by atoms with Gasteiger partial charge in [-0.05, 0) is 50.8 Å². The number of aromatic nitrogens is 3. The minimum absolute atomic E-state index is 0.00457. The van der Waals surface area contributed by atoms with Crippen LogP contribution in [0.15, 0.2) is 35.1 Å². The van der Waals surface area contributed by atoms with Crippen molar-refractivity contribution in [2.75, 3.05) is 13.1 Å². The number of halogens is 1. The van der Waals surface area contributed by atoms with Crippen LogP contribution in [0.5, 0.6) is 0 Å². The van der Waals surface area contributed by atoms with Crippen LogP contribution < -0.4 is 5.56 Å². The molecule has 1 saturated heterocycles. The number of nitrogens with one attached hydrogen (secondary N) is 1. The average molecular weight is 438 g/mol. The molecule has 8 heteroatoms. The van der Waals surface area contributed by atoms with Crippen molar-refractivity contribution in [3.8, 4) is 0 Å². The van der Waals surface area contributed by atoms with E-state index < -0.39 is 0 Å². The molecule has 1 amide bonds. The molecule has 168 valence electrons. The Labute approximate surface area is 185 Å². The molecule has 1 aromatic carbocycles. The highest BCUT2D eigenvalue weighted by Crippen LogP contribution is 2.32. The van der Waals surface area contributed by atoms with Gasteiger partial charge in [0.05, 0.1) is 23.9 Å². The first kappa shape index (κ1) is 20.9. The van der Waals surface area contributed by atoms with E-state index in [1.165, 1.54) is 16.6 Å². The van der Waals surface area contributed by atoms with E-state index in [0.29, 0.717) is 31.2 Å². The molecule has 0 radical (unpaired) electrons. The van der Waals surface area contributed by atoms with Crippen LogP contribution in [0, 0.1) is 5.82 Å². The molecule has 1 atom stereocenters. The monoisotopic (exact) mass is 437 g/mol. The number of rotatable bonds is 4. The fourth-order valence-electron chi connectivity index (χ4n) is 4.91.